The molecular formula is C27H34N4O. The lowest BCUT2D eigenvalue weighted by molar-refractivity contribution is 0.307. The van der Waals surface area contributed by atoms with Crippen LogP contribution in [-0.2, 0) is 6.42 Å². The summed E-state index contributed by atoms with van der Waals surface area (Å²) in [5.74, 6) is 0.885. The third kappa shape index (κ3) is 4.14. The van der Waals surface area contributed by atoms with Gasteiger partial charge >= 0.3 is 0 Å². The smallest absolute Gasteiger partial charge is 0.0967 e. The quantitative estimate of drug-likeness (QED) is 0.336. The maximum atomic E-state index is 9.51. The van der Waals surface area contributed by atoms with E-state index < -0.39 is 0 Å². The highest BCUT2D eigenvalue weighted by molar-refractivity contribution is 6.12. The molecule has 0 spiro atoms. The number of hydrogen-bond donors (Lipinski definition) is 3. The Kier molecular flexibility index (Phi) is 6.85. The van der Waals surface area contributed by atoms with Gasteiger partial charge < -0.3 is 15.5 Å². The molecule has 32 heavy (non-hydrogen) atoms. The maximum absolute atomic E-state index is 9.51. The maximum Gasteiger partial charge on any atom is 0.0967 e. The van der Waals surface area contributed by atoms with Crippen molar-refractivity contribution in [2.24, 2.45) is 10.9 Å². The number of aromatic nitrogens is 2. The lowest BCUT2D eigenvalue weighted by Crippen LogP contribution is -2.11. The number of aromatic amines is 1. The van der Waals surface area contributed by atoms with E-state index in [0.29, 0.717) is 24.0 Å². The van der Waals surface area contributed by atoms with Crippen LogP contribution in [0.25, 0.3) is 22.2 Å². The third-order valence-electron chi connectivity index (χ3n) is 6.79. The van der Waals surface area contributed by atoms with Gasteiger partial charge in [0.15, 0.2) is 0 Å². The molecule has 0 fully saturated rings. The number of fused-ring (bicyclic) bond motifs is 2. The van der Waals surface area contributed by atoms with Crippen LogP contribution in [0.3, 0.4) is 0 Å². The first-order chi connectivity index (χ1) is 15.6. The lowest BCUT2D eigenvalue weighted by Gasteiger charge is -2.22. The molecule has 1 aliphatic rings. The van der Waals surface area contributed by atoms with Crippen LogP contribution < -0.4 is 0 Å². The summed E-state index contributed by atoms with van der Waals surface area (Å²) in [6.07, 6.45) is 9.49. The van der Waals surface area contributed by atoms with Gasteiger partial charge in [-0.15, -0.1) is 0 Å². The Balaban J connectivity index is 1.90. The van der Waals surface area contributed by atoms with E-state index >= 15 is 0 Å². The Morgan fingerprint density at radius 1 is 1.25 bits per heavy atom. The Hall–Kier alpha value is -2.79. The van der Waals surface area contributed by atoms with Gasteiger partial charge in [-0.3, -0.25) is 4.99 Å². The van der Waals surface area contributed by atoms with Gasteiger partial charge in [0.2, 0.25) is 0 Å². The molecule has 0 amide bonds. The van der Waals surface area contributed by atoms with Gasteiger partial charge in [0.25, 0.3) is 0 Å². The molecule has 0 saturated heterocycles. The molecule has 4 rings (SSSR count). The van der Waals surface area contributed by atoms with Crippen molar-refractivity contribution in [1.82, 2.24) is 9.97 Å². The molecule has 1 aromatic heterocycles. The fourth-order valence-electron chi connectivity index (χ4n) is 4.96. The van der Waals surface area contributed by atoms with Crippen molar-refractivity contribution in [3.05, 3.63) is 47.3 Å². The number of hydrogen-bond acceptors (Lipinski definition) is 4. The second-order valence-electron chi connectivity index (χ2n) is 8.85. The van der Waals surface area contributed by atoms with Crippen molar-refractivity contribution in [3.8, 4) is 11.1 Å². The lowest BCUT2D eigenvalue weighted by atomic mass is 9.83. The second kappa shape index (κ2) is 9.78. The minimum atomic E-state index is -0.0260. The van der Waals surface area contributed by atoms with Crippen molar-refractivity contribution in [2.75, 3.05) is 6.61 Å². The average Bonchev–Trinajstić information content (AvgIpc) is 3.30. The summed E-state index contributed by atoms with van der Waals surface area (Å²) in [6.45, 7) is 6.61. The summed E-state index contributed by atoms with van der Waals surface area (Å²) in [5, 5.41) is 18.2. The van der Waals surface area contributed by atoms with Gasteiger partial charge in [-0.1, -0.05) is 39.3 Å². The predicted octanol–water partition coefficient (Wildman–Crippen LogP) is 6.56. The summed E-state index contributed by atoms with van der Waals surface area (Å²) < 4.78 is 0. The Labute approximate surface area is 190 Å². The molecule has 2 atom stereocenters. The first-order valence-electron chi connectivity index (χ1n) is 12.0. The number of nitrogens with zero attached hydrogens (tertiary/aromatic N) is 2. The second-order valence-corrected chi connectivity index (χ2v) is 8.85. The monoisotopic (exact) mass is 430 g/mol. The van der Waals surface area contributed by atoms with E-state index in [1.54, 1.807) is 6.33 Å². The molecular weight excluding hydrogens is 396 g/mol. The molecule has 168 valence electrons. The Morgan fingerprint density at radius 3 is 2.81 bits per heavy atom. The van der Waals surface area contributed by atoms with E-state index in [9.17, 15) is 5.11 Å². The molecule has 0 aliphatic carbocycles. The fourth-order valence-corrected chi connectivity index (χ4v) is 4.96. The van der Waals surface area contributed by atoms with E-state index in [1.807, 2.05) is 0 Å². The normalized spacial score (nSPS) is 16.3. The number of rotatable bonds is 9. The summed E-state index contributed by atoms with van der Waals surface area (Å²) in [6, 6.07) is 8.84. The van der Waals surface area contributed by atoms with Crippen LogP contribution in [0.2, 0.25) is 0 Å². The standard InChI is InChI=1S/C27H34N4O/c1-4-7-18(6-3)21-14-22(26-27(31-16-30-26)25(21)23(28)10-11-32)19-8-9-20-12-17(5-2)15-29-24(20)13-19/h8-9,13-18,28,32H,4-7,10-12H2,1-3H3,(H,30,31). The van der Waals surface area contributed by atoms with Crippen LogP contribution in [0.1, 0.15) is 75.5 Å². The first-order valence-corrected chi connectivity index (χ1v) is 12.0. The SMILES string of the molecule is CCCC(CC)c1cc(-c2ccc3c(c2)N=CC(CC)C3)c2nc[nH]c2c1C(=N)CCO. The Morgan fingerprint density at radius 2 is 2.09 bits per heavy atom. The van der Waals surface area contributed by atoms with Gasteiger partial charge in [0.1, 0.15) is 0 Å². The van der Waals surface area contributed by atoms with Crippen LogP contribution in [0.5, 0.6) is 0 Å². The number of aliphatic imine (C=N–C) groups is 1. The van der Waals surface area contributed by atoms with Gasteiger partial charge in [-0.25, -0.2) is 4.98 Å². The highest BCUT2D eigenvalue weighted by Gasteiger charge is 2.23. The van der Waals surface area contributed by atoms with Crippen LogP contribution in [0.15, 0.2) is 35.6 Å². The minimum Gasteiger partial charge on any atom is -0.396 e. The van der Waals surface area contributed by atoms with E-state index in [2.05, 4.69) is 61.2 Å². The largest absolute Gasteiger partial charge is 0.396 e. The number of aliphatic hydroxyl groups is 1. The third-order valence-corrected chi connectivity index (χ3v) is 6.79. The van der Waals surface area contributed by atoms with Crippen LogP contribution >= 0.6 is 0 Å². The van der Waals surface area contributed by atoms with Crippen molar-refractivity contribution in [3.63, 3.8) is 0 Å². The van der Waals surface area contributed by atoms with E-state index in [-0.39, 0.29) is 6.61 Å². The van der Waals surface area contributed by atoms with Crippen LogP contribution in [0, 0.1) is 11.3 Å². The molecule has 2 unspecified atom stereocenters. The minimum absolute atomic E-state index is 0.0260. The zero-order valence-corrected chi connectivity index (χ0v) is 19.4. The van der Waals surface area contributed by atoms with Crippen molar-refractivity contribution in [1.29, 1.82) is 5.41 Å². The summed E-state index contributed by atoms with van der Waals surface area (Å²) in [7, 11) is 0. The van der Waals surface area contributed by atoms with E-state index in [1.165, 1.54) is 11.1 Å². The number of imidazole rings is 1. The zero-order valence-electron chi connectivity index (χ0n) is 19.4. The highest BCUT2D eigenvalue weighted by Crippen LogP contribution is 2.40. The number of nitrogens with one attached hydrogen (secondary N) is 2. The summed E-state index contributed by atoms with van der Waals surface area (Å²) in [5.41, 5.74) is 8.91. The molecule has 0 radical (unpaired) electrons. The summed E-state index contributed by atoms with van der Waals surface area (Å²) >= 11 is 0. The molecule has 0 bridgehead atoms. The molecule has 2 aromatic carbocycles. The zero-order chi connectivity index (χ0) is 22.7. The average molecular weight is 431 g/mol. The highest BCUT2D eigenvalue weighted by atomic mass is 16.3. The van der Waals surface area contributed by atoms with E-state index in [0.717, 1.165) is 65.5 Å². The predicted molar refractivity (Wildman–Crippen MR) is 134 cm³/mol. The number of aliphatic hydroxyl groups excluding tert-OH is 1. The number of H-pyrrole nitrogens is 1. The molecule has 5 heteroatoms. The van der Waals surface area contributed by atoms with Crippen molar-refractivity contribution in [2.45, 2.75) is 65.2 Å². The van der Waals surface area contributed by atoms with Gasteiger partial charge in [0.05, 0.1) is 23.0 Å². The molecule has 2 heterocycles. The Bertz CT molecular complexity index is 1140. The van der Waals surface area contributed by atoms with Crippen molar-refractivity contribution >= 4 is 28.6 Å². The molecule has 0 saturated carbocycles. The van der Waals surface area contributed by atoms with Crippen LogP contribution in [0.4, 0.5) is 5.69 Å². The van der Waals surface area contributed by atoms with Gasteiger partial charge in [-0.2, -0.15) is 0 Å². The van der Waals surface area contributed by atoms with Gasteiger partial charge in [-0.05, 0) is 66.3 Å². The molecule has 5 nitrogen and oxygen atoms in total. The van der Waals surface area contributed by atoms with Crippen molar-refractivity contribution < 1.29 is 5.11 Å². The number of benzene rings is 2. The fraction of sp³-hybridized carbons (Fsp3) is 0.444. The topological polar surface area (TPSA) is 85.1 Å². The van der Waals surface area contributed by atoms with Gasteiger partial charge in [0, 0.05) is 36.1 Å². The molecule has 1 aliphatic heterocycles. The first kappa shape index (κ1) is 22.4. The van der Waals surface area contributed by atoms with Crippen LogP contribution in [-0.4, -0.2) is 33.6 Å². The molecule has 3 aromatic rings. The van der Waals surface area contributed by atoms with E-state index in [4.69, 9.17) is 10.4 Å². The summed E-state index contributed by atoms with van der Waals surface area (Å²) in [4.78, 5) is 12.7. The molecule has 3 N–H and O–H groups in total.